The van der Waals surface area contributed by atoms with Gasteiger partial charge in [0, 0.05) is 18.5 Å². The lowest BCUT2D eigenvalue weighted by Gasteiger charge is -2.07. The second kappa shape index (κ2) is 5.25. The Kier molecular flexibility index (Phi) is 3.46. The average molecular weight is 275 g/mol. The van der Waals surface area contributed by atoms with Gasteiger partial charge in [0.25, 0.3) is 0 Å². The fraction of sp³-hybridized carbons (Fsp3) is 0.429. The molecule has 0 radical (unpaired) electrons. The van der Waals surface area contributed by atoms with Crippen molar-refractivity contribution >= 4 is 17.6 Å². The first-order chi connectivity index (χ1) is 9.26. The molecular formula is C14H17N3OS. The first kappa shape index (κ1) is 12.5. The van der Waals surface area contributed by atoms with Crippen molar-refractivity contribution < 1.29 is 4.42 Å². The van der Waals surface area contributed by atoms with Crippen LogP contribution in [0, 0.1) is 6.92 Å². The van der Waals surface area contributed by atoms with E-state index in [1.54, 1.807) is 18.0 Å². The van der Waals surface area contributed by atoms with Gasteiger partial charge in [-0.25, -0.2) is 9.97 Å². The number of hydrogen-bond donors (Lipinski definition) is 1. The van der Waals surface area contributed by atoms with Gasteiger partial charge in [-0.15, -0.1) is 0 Å². The second-order valence-electron chi connectivity index (χ2n) is 4.70. The predicted molar refractivity (Wildman–Crippen MR) is 75.7 cm³/mol. The third-order valence-corrected chi connectivity index (χ3v) is 4.11. The molecule has 1 aliphatic rings. The molecule has 0 aliphatic heterocycles. The third kappa shape index (κ3) is 2.92. The fourth-order valence-corrected chi connectivity index (χ4v) is 2.73. The fourth-order valence-electron chi connectivity index (χ4n) is 1.88. The van der Waals surface area contributed by atoms with Gasteiger partial charge in [-0.1, -0.05) is 11.8 Å². The molecule has 0 saturated heterocycles. The molecule has 0 bridgehead atoms. The lowest BCUT2D eigenvalue weighted by atomic mass is 10.4. The molecule has 0 aromatic carbocycles. The number of hydrogen-bond acceptors (Lipinski definition) is 5. The topological polar surface area (TPSA) is 51.0 Å². The molecule has 100 valence electrons. The molecule has 5 heteroatoms. The van der Waals surface area contributed by atoms with Gasteiger partial charge < -0.3 is 9.73 Å². The van der Waals surface area contributed by atoms with Gasteiger partial charge in [0.1, 0.15) is 22.4 Å². The number of furan rings is 1. The van der Waals surface area contributed by atoms with Gasteiger partial charge in [0.2, 0.25) is 0 Å². The molecule has 0 spiro atoms. The molecule has 2 aromatic heterocycles. The standard InChI is InChI=1S/C14H17N3OS/c1-3-15-12-8-13(17-14(16-12)10-4-5-10)19-11-6-7-18-9(11)2/h6-8,10H,3-5H2,1-2H3,(H,15,16,17). The van der Waals surface area contributed by atoms with Crippen molar-refractivity contribution in [2.75, 3.05) is 11.9 Å². The van der Waals surface area contributed by atoms with Crippen molar-refractivity contribution in [1.82, 2.24) is 9.97 Å². The van der Waals surface area contributed by atoms with Crippen LogP contribution in [0.15, 0.2) is 32.7 Å². The highest BCUT2D eigenvalue weighted by Crippen LogP contribution is 2.40. The Morgan fingerprint density at radius 3 is 2.89 bits per heavy atom. The monoisotopic (exact) mass is 275 g/mol. The van der Waals surface area contributed by atoms with Crippen LogP contribution >= 0.6 is 11.8 Å². The predicted octanol–water partition coefficient (Wildman–Crippen LogP) is 3.84. The Balaban J connectivity index is 1.88. The summed E-state index contributed by atoms with van der Waals surface area (Å²) in [7, 11) is 0. The van der Waals surface area contributed by atoms with Crippen LogP contribution in [0.1, 0.15) is 37.3 Å². The lowest BCUT2D eigenvalue weighted by molar-refractivity contribution is 0.527. The van der Waals surface area contributed by atoms with Crippen LogP contribution < -0.4 is 5.32 Å². The summed E-state index contributed by atoms with van der Waals surface area (Å²) in [5.41, 5.74) is 0. The van der Waals surface area contributed by atoms with Crippen molar-refractivity contribution in [3.8, 4) is 0 Å². The van der Waals surface area contributed by atoms with E-state index >= 15 is 0 Å². The Hall–Kier alpha value is -1.49. The van der Waals surface area contributed by atoms with Crippen LogP contribution in [0.3, 0.4) is 0 Å². The van der Waals surface area contributed by atoms with E-state index in [2.05, 4.69) is 22.2 Å². The third-order valence-electron chi connectivity index (χ3n) is 3.05. The highest BCUT2D eigenvalue weighted by Gasteiger charge is 2.27. The van der Waals surface area contributed by atoms with Crippen LogP contribution in [-0.2, 0) is 0 Å². The van der Waals surface area contributed by atoms with Gasteiger partial charge in [-0.2, -0.15) is 0 Å². The maximum Gasteiger partial charge on any atom is 0.135 e. The van der Waals surface area contributed by atoms with E-state index in [9.17, 15) is 0 Å². The Bertz CT molecular complexity index is 578. The highest BCUT2D eigenvalue weighted by atomic mass is 32.2. The van der Waals surface area contributed by atoms with E-state index < -0.39 is 0 Å². The van der Waals surface area contributed by atoms with Crippen LogP contribution in [0.2, 0.25) is 0 Å². The number of nitrogens with zero attached hydrogens (tertiary/aromatic N) is 2. The van der Waals surface area contributed by atoms with Gasteiger partial charge in [0.15, 0.2) is 0 Å². The minimum absolute atomic E-state index is 0.559. The van der Waals surface area contributed by atoms with Crippen molar-refractivity contribution in [3.05, 3.63) is 30.0 Å². The van der Waals surface area contributed by atoms with Crippen molar-refractivity contribution in [1.29, 1.82) is 0 Å². The first-order valence-corrected chi connectivity index (χ1v) is 7.42. The summed E-state index contributed by atoms with van der Waals surface area (Å²) in [6.45, 7) is 4.92. The summed E-state index contributed by atoms with van der Waals surface area (Å²) in [6.07, 6.45) is 4.14. The SMILES string of the molecule is CCNc1cc(Sc2ccoc2C)nc(C2CC2)n1. The number of anilines is 1. The van der Waals surface area contributed by atoms with Gasteiger partial charge in [-0.3, -0.25) is 0 Å². The summed E-state index contributed by atoms with van der Waals surface area (Å²) < 4.78 is 5.32. The Labute approximate surface area is 117 Å². The van der Waals surface area contributed by atoms with Crippen LogP contribution in [0.25, 0.3) is 0 Å². The molecule has 0 unspecified atom stereocenters. The zero-order valence-corrected chi connectivity index (χ0v) is 12.0. The molecule has 19 heavy (non-hydrogen) atoms. The van der Waals surface area contributed by atoms with Gasteiger partial charge in [0.05, 0.1) is 11.2 Å². The van der Waals surface area contributed by atoms with Crippen LogP contribution in [0.5, 0.6) is 0 Å². The largest absolute Gasteiger partial charge is 0.468 e. The molecule has 4 nitrogen and oxygen atoms in total. The maximum atomic E-state index is 5.32. The molecule has 3 rings (SSSR count). The molecular weight excluding hydrogens is 258 g/mol. The van der Waals surface area contributed by atoms with E-state index in [4.69, 9.17) is 4.42 Å². The van der Waals surface area contributed by atoms with Gasteiger partial charge in [-0.05, 0) is 32.8 Å². The first-order valence-electron chi connectivity index (χ1n) is 6.61. The van der Waals surface area contributed by atoms with E-state index in [1.165, 1.54) is 12.8 Å². The summed E-state index contributed by atoms with van der Waals surface area (Å²) in [6, 6.07) is 3.98. The van der Waals surface area contributed by atoms with E-state index in [1.807, 2.05) is 19.1 Å². The summed E-state index contributed by atoms with van der Waals surface area (Å²) in [4.78, 5) is 10.4. The Morgan fingerprint density at radius 2 is 2.26 bits per heavy atom. The van der Waals surface area contributed by atoms with Crippen molar-refractivity contribution in [2.24, 2.45) is 0 Å². The minimum Gasteiger partial charge on any atom is -0.468 e. The summed E-state index contributed by atoms with van der Waals surface area (Å²) >= 11 is 1.64. The molecule has 0 atom stereocenters. The maximum absolute atomic E-state index is 5.32. The number of aryl methyl sites for hydroxylation is 1. The number of aromatic nitrogens is 2. The average Bonchev–Trinajstić information content (AvgIpc) is 3.16. The van der Waals surface area contributed by atoms with Gasteiger partial charge >= 0.3 is 0 Å². The molecule has 1 N–H and O–H groups in total. The zero-order valence-electron chi connectivity index (χ0n) is 11.1. The minimum atomic E-state index is 0.559. The normalized spacial score (nSPS) is 14.6. The van der Waals surface area contributed by atoms with E-state index in [-0.39, 0.29) is 0 Å². The van der Waals surface area contributed by atoms with E-state index in [0.717, 1.165) is 33.9 Å². The summed E-state index contributed by atoms with van der Waals surface area (Å²) in [5, 5.41) is 4.26. The Morgan fingerprint density at radius 1 is 1.42 bits per heavy atom. The van der Waals surface area contributed by atoms with Crippen molar-refractivity contribution in [3.63, 3.8) is 0 Å². The molecule has 2 aromatic rings. The smallest absolute Gasteiger partial charge is 0.135 e. The molecule has 2 heterocycles. The number of rotatable bonds is 5. The summed E-state index contributed by atoms with van der Waals surface area (Å²) in [5.74, 6) is 3.38. The lowest BCUT2D eigenvalue weighted by Crippen LogP contribution is -2.03. The van der Waals surface area contributed by atoms with Crippen LogP contribution in [0.4, 0.5) is 5.82 Å². The molecule has 1 fully saturated rings. The van der Waals surface area contributed by atoms with Crippen molar-refractivity contribution in [2.45, 2.75) is 42.5 Å². The second-order valence-corrected chi connectivity index (χ2v) is 5.76. The quantitative estimate of drug-likeness (QED) is 0.840. The molecule has 1 saturated carbocycles. The molecule has 1 aliphatic carbocycles. The highest BCUT2D eigenvalue weighted by molar-refractivity contribution is 7.99. The van der Waals surface area contributed by atoms with Crippen LogP contribution in [-0.4, -0.2) is 16.5 Å². The number of nitrogens with one attached hydrogen (secondary N) is 1. The van der Waals surface area contributed by atoms with E-state index in [0.29, 0.717) is 5.92 Å². The zero-order chi connectivity index (χ0) is 13.2. The molecule has 0 amide bonds.